The Bertz CT molecular complexity index is 803. The molecule has 2 N–H and O–H groups in total. The Morgan fingerprint density at radius 3 is 2.81 bits per heavy atom. The molecule has 1 aliphatic rings. The first-order chi connectivity index (χ1) is 12.6. The maximum atomic E-state index is 12.5. The van der Waals surface area contributed by atoms with Crippen LogP contribution < -0.4 is 10.6 Å². The minimum Gasteiger partial charge on any atom is -0.383 e. The minimum atomic E-state index is -0.272. The molecule has 1 aliphatic heterocycles. The smallest absolute Gasteiger partial charge is 0.252 e. The van der Waals surface area contributed by atoms with Crippen molar-refractivity contribution in [3.63, 3.8) is 0 Å². The summed E-state index contributed by atoms with van der Waals surface area (Å²) in [7, 11) is 1.57. The van der Waals surface area contributed by atoms with Crippen LogP contribution in [-0.2, 0) is 16.0 Å². The number of carbonyl (C=O) groups is 2. The standard InChI is InChI=1S/C19H19ClN2O3S/c1-25-9-8-21-18(23)14-7-6-13(11-15(14)20)22-19(24)17-10-12-4-2-3-5-16(12)26-17/h2-7,11,17H,8-10H2,1H3,(H,21,23)(H,22,24). The van der Waals surface area contributed by atoms with E-state index >= 15 is 0 Å². The molecular weight excluding hydrogens is 372 g/mol. The van der Waals surface area contributed by atoms with Crippen molar-refractivity contribution in [2.24, 2.45) is 0 Å². The van der Waals surface area contributed by atoms with Gasteiger partial charge < -0.3 is 15.4 Å². The molecule has 0 saturated heterocycles. The number of hydrogen-bond acceptors (Lipinski definition) is 4. The zero-order chi connectivity index (χ0) is 18.5. The highest BCUT2D eigenvalue weighted by atomic mass is 35.5. The largest absolute Gasteiger partial charge is 0.383 e. The van der Waals surface area contributed by atoms with Gasteiger partial charge in [0.05, 0.1) is 22.4 Å². The van der Waals surface area contributed by atoms with E-state index in [9.17, 15) is 9.59 Å². The number of rotatable bonds is 6. The first kappa shape index (κ1) is 18.8. The molecule has 0 aromatic heterocycles. The topological polar surface area (TPSA) is 67.4 Å². The molecular formula is C19H19ClN2O3S. The molecule has 2 aromatic carbocycles. The molecule has 1 unspecified atom stereocenters. The number of benzene rings is 2. The Morgan fingerprint density at radius 1 is 1.27 bits per heavy atom. The first-order valence-corrected chi connectivity index (χ1v) is 9.46. The van der Waals surface area contributed by atoms with E-state index < -0.39 is 0 Å². The van der Waals surface area contributed by atoms with Gasteiger partial charge in [0.15, 0.2) is 0 Å². The van der Waals surface area contributed by atoms with Gasteiger partial charge in [0.1, 0.15) is 0 Å². The molecule has 26 heavy (non-hydrogen) atoms. The monoisotopic (exact) mass is 390 g/mol. The third-order valence-corrected chi connectivity index (χ3v) is 5.64. The number of halogens is 1. The fourth-order valence-electron chi connectivity index (χ4n) is 2.69. The molecule has 0 spiro atoms. The minimum absolute atomic E-state index is 0.0698. The summed E-state index contributed by atoms with van der Waals surface area (Å²) in [5.41, 5.74) is 2.13. The van der Waals surface area contributed by atoms with Gasteiger partial charge in [-0.05, 0) is 36.2 Å². The Balaban J connectivity index is 1.61. The van der Waals surface area contributed by atoms with Crippen LogP contribution in [0.5, 0.6) is 0 Å². The van der Waals surface area contributed by atoms with Crippen LogP contribution in [-0.4, -0.2) is 37.3 Å². The molecule has 0 saturated carbocycles. The van der Waals surface area contributed by atoms with E-state index in [0.717, 1.165) is 4.90 Å². The molecule has 1 heterocycles. The van der Waals surface area contributed by atoms with Crippen LogP contribution >= 0.6 is 23.4 Å². The predicted octanol–water partition coefficient (Wildman–Crippen LogP) is 3.37. The van der Waals surface area contributed by atoms with Crippen LogP contribution in [0.25, 0.3) is 0 Å². The SMILES string of the molecule is COCCNC(=O)c1ccc(NC(=O)C2Cc3ccccc3S2)cc1Cl. The van der Waals surface area contributed by atoms with Crippen LogP contribution in [0.3, 0.4) is 0 Å². The van der Waals surface area contributed by atoms with Gasteiger partial charge in [-0.25, -0.2) is 0 Å². The molecule has 3 rings (SSSR count). The quantitative estimate of drug-likeness (QED) is 0.742. The Kier molecular flexibility index (Phi) is 6.19. The van der Waals surface area contributed by atoms with E-state index in [1.54, 1.807) is 37.1 Å². The van der Waals surface area contributed by atoms with Gasteiger partial charge in [-0.15, -0.1) is 11.8 Å². The summed E-state index contributed by atoms with van der Waals surface area (Å²) in [5, 5.41) is 5.73. The van der Waals surface area contributed by atoms with Crippen molar-refractivity contribution in [3.05, 3.63) is 58.6 Å². The summed E-state index contributed by atoms with van der Waals surface area (Å²) in [4.78, 5) is 25.7. The van der Waals surface area contributed by atoms with Gasteiger partial charge in [0.2, 0.25) is 5.91 Å². The number of anilines is 1. The molecule has 2 amide bonds. The third-order valence-electron chi connectivity index (χ3n) is 4.01. The highest BCUT2D eigenvalue weighted by molar-refractivity contribution is 8.01. The van der Waals surface area contributed by atoms with Crippen LogP contribution in [0.2, 0.25) is 5.02 Å². The van der Waals surface area contributed by atoms with Crippen LogP contribution in [0.15, 0.2) is 47.4 Å². The molecule has 0 fully saturated rings. The summed E-state index contributed by atoms with van der Waals surface area (Å²) < 4.78 is 4.90. The van der Waals surface area contributed by atoms with Gasteiger partial charge in [-0.1, -0.05) is 29.8 Å². The van der Waals surface area contributed by atoms with Gasteiger partial charge >= 0.3 is 0 Å². The lowest BCUT2D eigenvalue weighted by molar-refractivity contribution is -0.115. The van der Waals surface area contributed by atoms with Crippen LogP contribution in [0.1, 0.15) is 15.9 Å². The van der Waals surface area contributed by atoms with Crippen molar-refractivity contribution >= 4 is 40.9 Å². The number of nitrogens with one attached hydrogen (secondary N) is 2. The van der Waals surface area contributed by atoms with Crippen molar-refractivity contribution < 1.29 is 14.3 Å². The molecule has 2 aromatic rings. The number of ether oxygens (including phenoxy) is 1. The number of carbonyl (C=O) groups excluding carboxylic acids is 2. The van der Waals surface area contributed by atoms with E-state index in [4.69, 9.17) is 16.3 Å². The molecule has 0 aliphatic carbocycles. The van der Waals surface area contributed by atoms with E-state index in [2.05, 4.69) is 10.6 Å². The average molecular weight is 391 g/mol. The highest BCUT2D eigenvalue weighted by Crippen LogP contribution is 2.37. The molecule has 1 atom stereocenters. The molecule has 0 bridgehead atoms. The van der Waals surface area contributed by atoms with Crippen LogP contribution in [0, 0.1) is 0 Å². The van der Waals surface area contributed by atoms with E-state index in [1.165, 1.54) is 5.56 Å². The zero-order valence-corrected chi connectivity index (χ0v) is 15.8. The van der Waals surface area contributed by atoms with Gasteiger partial charge in [-0.3, -0.25) is 9.59 Å². The zero-order valence-electron chi connectivity index (χ0n) is 14.3. The molecule has 0 radical (unpaired) electrons. The maximum Gasteiger partial charge on any atom is 0.252 e. The van der Waals surface area contributed by atoms with E-state index in [1.807, 2.05) is 24.3 Å². The normalized spacial score (nSPS) is 15.4. The van der Waals surface area contributed by atoms with E-state index in [0.29, 0.717) is 35.8 Å². The maximum absolute atomic E-state index is 12.5. The highest BCUT2D eigenvalue weighted by Gasteiger charge is 2.28. The Labute approximate surface area is 161 Å². The number of hydrogen-bond donors (Lipinski definition) is 2. The van der Waals surface area contributed by atoms with Crippen molar-refractivity contribution in [1.29, 1.82) is 0 Å². The number of thioether (sulfide) groups is 1. The average Bonchev–Trinajstić information content (AvgIpc) is 3.06. The third kappa shape index (κ3) is 4.38. The van der Waals surface area contributed by atoms with Crippen LogP contribution in [0.4, 0.5) is 5.69 Å². The predicted molar refractivity (Wildman–Crippen MR) is 104 cm³/mol. The van der Waals surface area contributed by atoms with Gasteiger partial charge in [-0.2, -0.15) is 0 Å². The first-order valence-electron chi connectivity index (χ1n) is 8.20. The Hall–Kier alpha value is -2.02. The fourth-order valence-corrected chi connectivity index (χ4v) is 4.15. The fraction of sp³-hybridized carbons (Fsp3) is 0.263. The lowest BCUT2D eigenvalue weighted by Crippen LogP contribution is -2.27. The second kappa shape index (κ2) is 8.58. The lowest BCUT2D eigenvalue weighted by Gasteiger charge is -2.12. The van der Waals surface area contributed by atoms with Crippen molar-refractivity contribution in [2.45, 2.75) is 16.6 Å². The summed E-state index contributed by atoms with van der Waals surface area (Å²) in [6.07, 6.45) is 0.709. The number of fused-ring (bicyclic) bond motifs is 1. The van der Waals surface area contributed by atoms with Crippen molar-refractivity contribution in [3.8, 4) is 0 Å². The second-order valence-electron chi connectivity index (χ2n) is 5.85. The number of methoxy groups -OCH3 is 1. The van der Waals surface area contributed by atoms with Gasteiger partial charge in [0.25, 0.3) is 5.91 Å². The summed E-state index contributed by atoms with van der Waals surface area (Å²) in [6.45, 7) is 0.836. The summed E-state index contributed by atoms with van der Waals surface area (Å²) >= 11 is 7.77. The Morgan fingerprint density at radius 2 is 2.08 bits per heavy atom. The number of amides is 2. The summed E-state index contributed by atoms with van der Waals surface area (Å²) in [6, 6.07) is 12.9. The van der Waals surface area contributed by atoms with Crippen molar-refractivity contribution in [2.75, 3.05) is 25.6 Å². The lowest BCUT2D eigenvalue weighted by atomic mass is 10.1. The van der Waals surface area contributed by atoms with E-state index in [-0.39, 0.29) is 17.1 Å². The van der Waals surface area contributed by atoms with Crippen molar-refractivity contribution in [1.82, 2.24) is 5.32 Å². The second-order valence-corrected chi connectivity index (χ2v) is 7.50. The molecule has 7 heteroatoms. The van der Waals surface area contributed by atoms with Gasteiger partial charge in [0, 0.05) is 24.2 Å². The molecule has 5 nitrogen and oxygen atoms in total. The summed E-state index contributed by atoms with van der Waals surface area (Å²) in [5.74, 6) is -0.341. The molecule has 136 valence electrons.